The predicted molar refractivity (Wildman–Crippen MR) is 70.5 cm³/mol. The molecule has 1 aliphatic rings. The lowest BCUT2D eigenvalue weighted by molar-refractivity contribution is -0.119. The van der Waals surface area contributed by atoms with E-state index in [0.717, 1.165) is 24.3 Å². The number of hydrogen-bond donors (Lipinski definition) is 1. The summed E-state index contributed by atoms with van der Waals surface area (Å²) in [5.41, 5.74) is 2.13. The summed E-state index contributed by atoms with van der Waals surface area (Å²) in [6.45, 7) is 2.47. The van der Waals surface area contributed by atoms with Gasteiger partial charge in [-0.3, -0.25) is 4.79 Å². The monoisotopic (exact) mass is 257 g/mol. The Morgan fingerprint density at radius 1 is 1.37 bits per heavy atom. The van der Waals surface area contributed by atoms with E-state index in [9.17, 15) is 4.79 Å². The third-order valence-electron chi connectivity index (χ3n) is 3.18. The summed E-state index contributed by atoms with van der Waals surface area (Å²) in [7, 11) is 0. The Hall–Kier alpha value is -2.21. The average Bonchev–Trinajstić information content (AvgIpc) is 2.83. The summed E-state index contributed by atoms with van der Waals surface area (Å²) in [5.74, 6) is 0.0293. The number of nitrogens with one attached hydrogen (secondary N) is 1. The van der Waals surface area contributed by atoms with Gasteiger partial charge in [-0.25, -0.2) is 4.68 Å². The minimum absolute atomic E-state index is 0.0293. The first kappa shape index (κ1) is 11.9. The van der Waals surface area contributed by atoms with Crippen LogP contribution in [0.5, 0.6) is 0 Å². The van der Waals surface area contributed by atoms with Crippen LogP contribution in [0.2, 0.25) is 0 Å². The van der Waals surface area contributed by atoms with Crippen LogP contribution in [0.3, 0.4) is 0 Å². The number of para-hydroxylation sites is 1. The summed E-state index contributed by atoms with van der Waals surface area (Å²) in [6.07, 6.45) is 3.27. The van der Waals surface area contributed by atoms with Crippen molar-refractivity contribution in [2.45, 2.75) is 13.1 Å². The van der Waals surface area contributed by atoms with Crippen LogP contribution in [0, 0.1) is 0 Å². The number of aromatic nitrogens is 3. The van der Waals surface area contributed by atoms with Crippen molar-refractivity contribution in [3.63, 3.8) is 0 Å². The molecule has 2 aromatic rings. The SMILES string of the molecule is O=C(Cn1ccnn1)N1CCNCc2ccccc21. The maximum Gasteiger partial charge on any atom is 0.248 e. The van der Waals surface area contributed by atoms with Crippen LogP contribution in [0.1, 0.15) is 5.56 Å². The highest BCUT2D eigenvalue weighted by molar-refractivity contribution is 5.94. The lowest BCUT2D eigenvalue weighted by Crippen LogP contribution is -2.37. The first-order valence-corrected chi connectivity index (χ1v) is 6.28. The van der Waals surface area contributed by atoms with Gasteiger partial charge in [0.2, 0.25) is 5.91 Å². The van der Waals surface area contributed by atoms with Crippen molar-refractivity contribution in [2.24, 2.45) is 0 Å². The van der Waals surface area contributed by atoms with Crippen LogP contribution in [0.4, 0.5) is 5.69 Å². The van der Waals surface area contributed by atoms with Gasteiger partial charge in [-0.05, 0) is 11.6 Å². The zero-order valence-corrected chi connectivity index (χ0v) is 10.5. The minimum atomic E-state index is 0.0293. The molecule has 0 saturated carbocycles. The maximum atomic E-state index is 12.4. The fourth-order valence-corrected chi connectivity index (χ4v) is 2.26. The first-order chi connectivity index (χ1) is 9.34. The Labute approximate surface area is 111 Å². The molecule has 0 saturated heterocycles. The van der Waals surface area contributed by atoms with Crippen LogP contribution >= 0.6 is 0 Å². The Bertz CT molecular complexity index is 566. The summed E-state index contributed by atoms with van der Waals surface area (Å²) in [4.78, 5) is 14.2. The Kier molecular flexibility index (Phi) is 3.24. The highest BCUT2D eigenvalue weighted by Crippen LogP contribution is 2.22. The lowest BCUT2D eigenvalue weighted by Gasteiger charge is -2.22. The summed E-state index contributed by atoms with van der Waals surface area (Å²) >= 11 is 0. The predicted octanol–water partition coefficient (Wildman–Crippen LogP) is 0.415. The van der Waals surface area contributed by atoms with Crippen molar-refractivity contribution in [3.05, 3.63) is 42.2 Å². The number of hydrogen-bond acceptors (Lipinski definition) is 4. The normalized spacial score (nSPS) is 14.8. The summed E-state index contributed by atoms with van der Waals surface area (Å²) in [6, 6.07) is 7.98. The molecule has 1 aliphatic heterocycles. The number of carbonyl (C=O) groups is 1. The Morgan fingerprint density at radius 3 is 3.11 bits per heavy atom. The highest BCUT2D eigenvalue weighted by Gasteiger charge is 2.20. The van der Waals surface area contributed by atoms with Gasteiger partial charge in [0.05, 0.1) is 6.20 Å². The number of carbonyl (C=O) groups excluding carboxylic acids is 1. The second kappa shape index (κ2) is 5.19. The van der Waals surface area contributed by atoms with E-state index in [4.69, 9.17) is 0 Å². The minimum Gasteiger partial charge on any atom is -0.311 e. The molecule has 1 aromatic carbocycles. The number of nitrogens with zero attached hydrogens (tertiary/aromatic N) is 4. The van der Waals surface area contributed by atoms with Gasteiger partial charge in [-0.1, -0.05) is 23.4 Å². The van der Waals surface area contributed by atoms with Crippen LogP contribution in [0.25, 0.3) is 0 Å². The quantitative estimate of drug-likeness (QED) is 0.846. The molecular formula is C13H15N5O. The standard InChI is InChI=1S/C13H15N5O/c19-13(10-17-7-6-15-16-17)18-8-5-14-9-11-3-1-2-4-12(11)18/h1-4,6-7,14H,5,8-10H2. The summed E-state index contributed by atoms with van der Waals surface area (Å²) < 4.78 is 1.54. The maximum absolute atomic E-state index is 12.4. The molecule has 6 nitrogen and oxygen atoms in total. The second-order valence-electron chi connectivity index (χ2n) is 4.45. The number of benzene rings is 1. The Balaban J connectivity index is 1.85. The van der Waals surface area contributed by atoms with Gasteiger partial charge >= 0.3 is 0 Å². The molecule has 0 aliphatic carbocycles. The molecule has 0 atom stereocenters. The molecule has 98 valence electrons. The molecule has 19 heavy (non-hydrogen) atoms. The molecule has 3 rings (SSSR count). The molecule has 0 unspecified atom stereocenters. The van der Waals surface area contributed by atoms with E-state index < -0.39 is 0 Å². The fraction of sp³-hybridized carbons (Fsp3) is 0.308. The molecule has 1 N–H and O–H groups in total. The molecule has 0 radical (unpaired) electrons. The Morgan fingerprint density at radius 2 is 2.26 bits per heavy atom. The molecular weight excluding hydrogens is 242 g/mol. The van der Waals surface area contributed by atoms with E-state index in [-0.39, 0.29) is 12.5 Å². The van der Waals surface area contributed by atoms with Crippen LogP contribution in [-0.4, -0.2) is 34.0 Å². The van der Waals surface area contributed by atoms with Crippen molar-refractivity contribution in [1.82, 2.24) is 20.3 Å². The number of fused-ring (bicyclic) bond motifs is 1. The largest absolute Gasteiger partial charge is 0.311 e. The zero-order valence-electron chi connectivity index (χ0n) is 10.5. The van der Waals surface area contributed by atoms with Gasteiger partial charge in [-0.15, -0.1) is 5.10 Å². The second-order valence-corrected chi connectivity index (χ2v) is 4.45. The van der Waals surface area contributed by atoms with Crippen molar-refractivity contribution >= 4 is 11.6 Å². The molecule has 0 fully saturated rings. The van der Waals surface area contributed by atoms with Crippen molar-refractivity contribution < 1.29 is 4.79 Å². The third-order valence-corrected chi connectivity index (χ3v) is 3.18. The van der Waals surface area contributed by atoms with E-state index >= 15 is 0 Å². The van der Waals surface area contributed by atoms with Gasteiger partial charge in [0.25, 0.3) is 0 Å². The topological polar surface area (TPSA) is 63.1 Å². The average molecular weight is 257 g/mol. The smallest absolute Gasteiger partial charge is 0.248 e. The molecule has 6 heteroatoms. The number of anilines is 1. The van der Waals surface area contributed by atoms with E-state index in [1.807, 2.05) is 29.2 Å². The number of amides is 1. The van der Waals surface area contributed by atoms with Crippen LogP contribution < -0.4 is 10.2 Å². The van der Waals surface area contributed by atoms with E-state index in [1.54, 1.807) is 17.1 Å². The molecule has 2 heterocycles. The zero-order chi connectivity index (χ0) is 13.1. The summed E-state index contributed by atoms with van der Waals surface area (Å²) in [5, 5.41) is 10.9. The van der Waals surface area contributed by atoms with Gasteiger partial charge in [0.1, 0.15) is 6.54 Å². The van der Waals surface area contributed by atoms with E-state index in [1.165, 1.54) is 0 Å². The lowest BCUT2D eigenvalue weighted by atomic mass is 10.1. The third kappa shape index (κ3) is 2.48. The van der Waals surface area contributed by atoms with E-state index in [0.29, 0.717) is 6.54 Å². The molecule has 0 spiro atoms. The molecule has 1 aromatic heterocycles. The van der Waals surface area contributed by atoms with Crippen molar-refractivity contribution in [3.8, 4) is 0 Å². The number of rotatable bonds is 2. The molecule has 0 bridgehead atoms. The van der Waals surface area contributed by atoms with Crippen molar-refractivity contribution in [2.75, 3.05) is 18.0 Å². The van der Waals surface area contributed by atoms with Crippen LogP contribution in [0.15, 0.2) is 36.7 Å². The molecule has 1 amide bonds. The van der Waals surface area contributed by atoms with Crippen LogP contribution in [-0.2, 0) is 17.9 Å². The van der Waals surface area contributed by atoms with Gasteiger partial charge in [0.15, 0.2) is 0 Å². The van der Waals surface area contributed by atoms with Gasteiger partial charge < -0.3 is 10.2 Å². The van der Waals surface area contributed by atoms with Gasteiger partial charge in [-0.2, -0.15) is 0 Å². The van der Waals surface area contributed by atoms with Gasteiger partial charge in [0, 0.05) is 31.5 Å². The van der Waals surface area contributed by atoms with E-state index in [2.05, 4.69) is 15.6 Å². The highest BCUT2D eigenvalue weighted by atomic mass is 16.2. The first-order valence-electron chi connectivity index (χ1n) is 6.28. The van der Waals surface area contributed by atoms with Crippen molar-refractivity contribution in [1.29, 1.82) is 0 Å². The fourth-order valence-electron chi connectivity index (χ4n) is 2.26.